The molecule has 0 aromatic heterocycles. The number of hydrogen-bond acceptors (Lipinski definition) is 5. The number of benzene rings is 1. The van der Waals surface area contributed by atoms with E-state index in [0.717, 1.165) is 37.0 Å². The highest BCUT2D eigenvalue weighted by Crippen LogP contribution is 2.14. The van der Waals surface area contributed by atoms with Crippen LogP contribution in [0.2, 0.25) is 0 Å². The Bertz CT molecular complexity index is 545. The van der Waals surface area contributed by atoms with E-state index in [9.17, 15) is 9.59 Å². The summed E-state index contributed by atoms with van der Waals surface area (Å²) in [6.45, 7) is 4.42. The lowest BCUT2D eigenvalue weighted by molar-refractivity contribution is -0.138. The van der Waals surface area contributed by atoms with Gasteiger partial charge in [0.15, 0.2) is 0 Å². The zero-order valence-electron chi connectivity index (χ0n) is 14.0. The second-order valence-electron chi connectivity index (χ2n) is 5.06. The quantitative estimate of drug-likeness (QED) is 0.352. The van der Waals surface area contributed by atoms with Crippen LogP contribution in [-0.4, -0.2) is 32.3 Å². The molecule has 0 unspecified atom stereocenters. The summed E-state index contributed by atoms with van der Waals surface area (Å²) in [5.41, 5.74) is 0.904. The summed E-state index contributed by atoms with van der Waals surface area (Å²) in [5, 5.41) is 0. The highest BCUT2D eigenvalue weighted by molar-refractivity contribution is 5.86. The third kappa shape index (κ3) is 8.78. The van der Waals surface area contributed by atoms with Gasteiger partial charge in [-0.2, -0.15) is 0 Å². The predicted molar refractivity (Wildman–Crippen MR) is 92.6 cm³/mol. The molecule has 0 heterocycles. The van der Waals surface area contributed by atoms with Crippen LogP contribution < -0.4 is 4.74 Å². The lowest BCUT2D eigenvalue weighted by Crippen LogP contribution is -2.02. The van der Waals surface area contributed by atoms with Gasteiger partial charge in [-0.15, -0.1) is 0 Å². The Balaban J connectivity index is 2.13. The van der Waals surface area contributed by atoms with Gasteiger partial charge in [0.25, 0.3) is 0 Å². The van der Waals surface area contributed by atoms with E-state index in [-0.39, 0.29) is 11.9 Å². The van der Waals surface area contributed by atoms with Gasteiger partial charge in [0, 0.05) is 12.2 Å². The Labute approximate surface area is 142 Å². The maximum atomic E-state index is 11.0. The minimum Gasteiger partial charge on any atom is -0.494 e. The summed E-state index contributed by atoms with van der Waals surface area (Å²) < 4.78 is 15.1. The van der Waals surface area contributed by atoms with Crippen molar-refractivity contribution in [1.29, 1.82) is 0 Å². The second kappa shape index (κ2) is 11.9. The maximum Gasteiger partial charge on any atom is 0.330 e. The third-order valence-corrected chi connectivity index (χ3v) is 3.21. The zero-order valence-corrected chi connectivity index (χ0v) is 14.0. The molecular formula is C19H24O5. The topological polar surface area (TPSA) is 61.8 Å². The molecule has 0 bridgehead atoms. The van der Waals surface area contributed by atoms with Crippen LogP contribution in [-0.2, 0) is 19.1 Å². The SMILES string of the molecule is C=CC(=O)OCCCCCCOc1ccc(C=CC(=O)OC)cc1. The molecule has 1 aromatic rings. The van der Waals surface area contributed by atoms with E-state index in [1.54, 1.807) is 6.08 Å². The number of ether oxygens (including phenoxy) is 3. The molecule has 0 aliphatic rings. The van der Waals surface area contributed by atoms with Crippen molar-refractivity contribution < 1.29 is 23.8 Å². The Morgan fingerprint density at radius 1 is 1.00 bits per heavy atom. The highest BCUT2D eigenvalue weighted by Gasteiger charge is 1.97. The van der Waals surface area contributed by atoms with Gasteiger partial charge in [-0.3, -0.25) is 0 Å². The molecule has 1 aromatic carbocycles. The van der Waals surface area contributed by atoms with E-state index in [0.29, 0.717) is 13.2 Å². The average molecular weight is 332 g/mol. The first-order chi connectivity index (χ1) is 11.7. The molecule has 0 radical (unpaired) electrons. The fourth-order valence-corrected chi connectivity index (χ4v) is 1.89. The van der Waals surface area contributed by atoms with Crippen LogP contribution in [0.3, 0.4) is 0 Å². The molecule has 0 atom stereocenters. The molecular weight excluding hydrogens is 308 g/mol. The number of unbranched alkanes of at least 4 members (excludes halogenated alkanes) is 3. The molecule has 0 amide bonds. The van der Waals surface area contributed by atoms with Gasteiger partial charge in [-0.25, -0.2) is 9.59 Å². The summed E-state index contributed by atoms with van der Waals surface area (Å²) in [6, 6.07) is 7.49. The van der Waals surface area contributed by atoms with Crippen LogP contribution in [0, 0.1) is 0 Å². The van der Waals surface area contributed by atoms with Gasteiger partial charge >= 0.3 is 11.9 Å². The van der Waals surface area contributed by atoms with Crippen LogP contribution in [0.5, 0.6) is 5.75 Å². The molecule has 0 aliphatic carbocycles. The standard InChI is InChI=1S/C19H24O5/c1-3-18(20)24-15-7-5-4-6-14-23-17-11-8-16(9-12-17)10-13-19(21)22-2/h3,8-13H,1,4-7,14-15H2,2H3. The second-order valence-corrected chi connectivity index (χ2v) is 5.06. The molecule has 0 fully saturated rings. The molecule has 5 nitrogen and oxygen atoms in total. The molecule has 0 saturated heterocycles. The Morgan fingerprint density at radius 3 is 2.29 bits per heavy atom. The highest BCUT2D eigenvalue weighted by atomic mass is 16.5. The van der Waals surface area contributed by atoms with Crippen molar-refractivity contribution >= 4 is 18.0 Å². The number of carbonyl (C=O) groups is 2. The molecule has 1 rings (SSSR count). The van der Waals surface area contributed by atoms with Gasteiger partial charge < -0.3 is 14.2 Å². The van der Waals surface area contributed by atoms with Gasteiger partial charge in [0.2, 0.25) is 0 Å². The van der Waals surface area contributed by atoms with E-state index < -0.39 is 0 Å². The minimum absolute atomic E-state index is 0.372. The Hall–Kier alpha value is -2.56. The first-order valence-electron chi connectivity index (χ1n) is 7.94. The van der Waals surface area contributed by atoms with Crippen molar-refractivity contribution in [2.24, 2.45) is 0 Å². The minimum atomic E-state index is -0.380. The van der Waals surface area contributed by atoms with Crippen LogP contribution >= 0.6 is 0 Å². The number of rotatable bonds is 11. The summed E-state index contributed by atoms with van der Waals surface area (Å²) in [7, 11) is 1.34. The lowest BCUT2D eigenvalue weighted by Gasteiger charge is -2.06. The molecule has 24 heavy (non-hydrogen) atoms. The van der Waals surface area contributed by atoms with Crippen LogP contribution in [0.15, 0.2) is 43.0 Å². The predicted octanol–water partition coefficient (Wildman–Crippen LogP) is 3.54. The molecule has 0 N–H and O–H groups in total. The maximum absolute atomic E-state index is 11.0. The van der Waals surface area contributed by atoms with Crippen molar-refractivity contribution in [3.05, 3.63) is 48.6 Å². The van der Waals surface area contributed by atoms with Crippen molar-refractivity contribution in [1.82, 2.24) is 0 Å². The van der Waals surface area contributed by atoms with Crippen molar-refractivity contribution in [3.63, 3.8) is 0 Å². The van der Waals surface area contributed by atoms with Gasteiger partial charge in [0.1, 0.15) is 5.75 Å². The third-order valence-electron chi connectivity index (χ3n) is 3.21. The fourth-order valence-electron chi connectivity index (χ4n) is 1.89. The normalized spacial score (nSPS) is 10.4. The van der Waals surface area contributed by atoms with Crippen molar-refractivity contribution in [2.75, 3.05) is 20.3 Å². The van der Waals surface area contributed by atoms with E-state index in [2.05, 4.69) is 11.3 Å². The smallest absolute Gasteiger partial charge is 0.330 e. The molecule has 0 spiro atoms. The Morgan fingerprint density at radius 2 is 1.67 bits per heavy atom. The zero-order chi connectivity index (χ0) is 17.6. The van der Waals surface area contributed by atoms with Gasteiger partial charge in [0.05, 0.1) is 20.3 Å². The van der Waals surface area contributed by atoms with Gasteiger partial charge in [-0.05, 0) is 49.5 Å². The number of methoxy groups -OCH3 is 1. The van der Waals surface area contributed by atoms with Crippen LogP contribution in [0.25, 0.3) is 6.08 Å². The lowest BCUT2D eigenvalue weighted by atomic mass is 10.2. The number of hydrogen-bond donors (Lipinski definition) is 0. The largest absolute Gasteiger partial charge is 0.494 e. The first kappa shape index (κ1) is 19.5. The Kier molecular flexibility index (Phi) is 9.69. The van der Waals surface area contributed by atoms with Gasteiger partial charge in [-0.1, -0.05) is 18.7 Å². The van der Waals surface area contributed by atoms with E-state index in [1.807, 2.05) is 24.3 Å². The molecule has 5 heteroatoms. The summed E-state index contributed by atoms with van der Waals surface area (Å²) in [6.07, 6.45) is 8.04. The van der Waals surface area contributed by atoms with E-state index in [1.165, 1.54) is 19.3 Å². The fraction of sp³-hybridized carbons (Fsp3) is 0.368. The average Bonchev–Trinajstić information content (AvgIpc) is 2.62. The molecule has 0 aliphatic heterocycles. The van der Waals surface area contributed by atoms with Crippen LogP contribution in [0.4, 0.5) is 0 Å². The molecule has 0 saturated carbocycles. The van der Waals surface area contributed by atoms with Crippen molar-refractivity contribution in [2.45, 2.75) is 25.7 Å². The number of esters is 2. The summed E-state index contributed by atoms with van der Waals surface area (Å²) in [5.74, 6) is 0.0444. The van der Waals surface area contributed by atoms with E-state index >= 15 is 0 Å². The van der Waals surface area contributed by atoms with Crippen LogP contribution in [0.1, 0.15) is 31.2 Å². The monoisotopic (exact) mass is 332 g/mol. The molecule has 130 valence electrons. The summed E-state index contributed by atoms with van der Waals surface area (Å²) >= 11 is 0. The number of carbonyl (C=O) groups excluding carboxylic acids is 2. The van der Waals surface area contributed by atoms with E-state index in [4.69, 9.17) is 9.47 Å². The first-order valence-corrected chi connectivity index (χ1v) is 7.94. The summed E-state index contributed by atoms with van der Waals surface area (Å²) in [4.78, 5) is 21.8. The van der Waals surface area contributed by atoms with Crippen molar-refractivity contribution in [3.8, 4) is 5.75 Å².